The number of anilines is 1. The zero-order chi connectivity index (χ0) is 44.8. The number of benzene rings is 2. The maximum absolute atomic E-state index is 13.5. The van der Waals surface area contributed by atoms with E-state index < -0.39 is 97.1 Å². The molecule has 19 nitrogen and oxygen atoms in total. The summed E-state index contributed by atoms with van der Waals surface area (Å²) in [5.41, 5.74) is -1.31. The molecule has 1 saturated heterocycles. The van der Waals surface area contributed by atoms with E-state index in [4.69, 9.17) is 9.47 Å². The zero-order valence-electron chi connectivity index (χ0n) is 34.9. The number of hydrogen-bond donors (Lipinski definition) is 10. The van der Waals surface area contributed by atoms with Crippen LogP contribution in [0.1, 0.15) is 110 Å². The highest BCUT2D eigenvalue weighted by Gasteiger charge is 2.56. The summed E-state index contributed by atoms with van der Waals surface area (Å²) in [6.45, 7) is 7.26. The van der Waals surface area contributed by atoms with Crippen LogP contribution in [0, 0.1) is 13.8 Å². The molecule has 2 heterocycles. The highest BCUT2D eigenvalue weighted by molar-refractivity contribution is 5.95. The van der Waals surface area contributed by atoms with Gasteiger partial charge in [0.25, 0.3) is 5.91 Å². The first-order valence-corrected chi connectivity index (χ1v) is 20.4. The number of nitrogens with one attached hydrogen (secondary N) is 3. The molecule has 0 spiro atoms. The first-order chi connectivity index (χ1) is 28.7. The van der Waals surface area contributed by atoms with Gasteiger partial charge in [0, 0.05) is 42.8 Å². The van der Waals surface area contributed by atoms with Gasteiger partial charge in [0.05, 0.1) is 30.0 Å². The Morgan fingerprint density at radius 1 is 1.00 bits per heavy atom. The molecule has 2 aromatic carbocycles. The number of aromatic nitrogens is 3. The summed E-state index contributed by atoms with van der Waals surface area (Å²) in [5.74, 6) is -2.87. The number of aliphatic carboxylic acids is 1. The average molecular weight is 855 g/mol. The summed E-state index contributed by atoms with van der Waals surface area (Å²) in [4.78, 5) is 52.0. The summed E-state index contributed by atoms with van der Waals surface area (Å²) in [6, 6.07) is 7.07. The maximum atomic E-state index is 13.5. The molecule has 8 atom stereocenters. The number of ether oxygens (including phenoxy) is 2. The standard InChI is InChI=1S/C42H58N6O13/c1-22-14-26(15-23(2)34(22)53)38(56)43-19-31(51)36(55)37-33(45-32(52)21-48-20-28(46-47-48)24-10-7-6-8-11-24)29(49)17-42(60-37,39(57)58)18-30(50)35(54)25-12-9-13-27(16-25)44-40(59)61-41(3,4)5/h9,12-16,20,24,29-31,33,35-37,49-51,53-55H,6-8,10-11,17-19,21H2,1-5H3,(H,43,56)(H,44,59)(H,45,52)(H,57,58)/t29-,30-,31?,33?,35-,36+,37+,42?/m0/s1. The predicted molar refractivity (Wildman–Crippen MR) is 217 cm³/mol. The number of aromatic hydroxyl groups is 1. The van der Waals surface area contributed by atoms with E-state index in [1.54, 1.807) is 40.8 Å². The van der Waals surface area contributed by atoms with E-state index in [9.17, 15) is 54.9 Å². The van der Waals surface area contributed by atoms with E-state index in [1.165, 1.54) is 41.1 Å². The van der Waals surface area contributed by atoms with Crippen molar-refractivity contribution in [1.29, 1.82) is 0 Å². The number of rotatable bonds is 15. The molecule has 1 aliphatic heterocycles. The number of carboxylic acids is 1. The van der Waals surface area contributed by atoms with Gasteiger partial charge in [-0.1, -0.05) is 36.6 Å². The van der Waals surface area contributed by atoms with Crippen LogP contribution in [0.5, 0.6) is 5.75 Å². The van der Waals surface area contributed by atoms with Crippen LogP contribution >= 0.6 is 0 Å². The summed E-state index contributed by atoms with van der Waals surface area (Å²) in [5, 5.41) is 93.6. The zero-order valence-corrected chi connectivity index (χ0v) is 34.9. The van der Waals surface area contributed by atoms with Crippen molar-refractivity contribution in [3.63, 3.8) is 0 Å². The summed E-state index contributed by atoms with van der Waals surface area (Å²) in [7, 11) is 0. The topological polar surface area (TPSA) is 295 Å². The molecule has 3 amide bonds. The largest absolute Gasteiger partial charge is 0.507 e. The normalized spacial score (nSPS) is 23.0. The quantitative estimate of drug-likeness (QED) is 0.105. The lowest BCUT2D eigenvalue weighted by Gasteiger charge is -2.48. The Bertz CT molecular complexity index is 2010. The van der Waals surface area contributed by atoms with Crippen LogP contribution in [0.4, 0.5) is 10.5 Å². The fourth-order valence-corrected chi connectivity index (χ4v) is 7.86. The summed E-state index contributed by atoms with van der Waals surface area (Å²) in [6.07, 6.45) is -6.79. The minimum absolute atomic E-state index is 0.00450. The smallest absolute Gasteiger partial charge is 0.412 e. The molecule has 19 heteroatoms. The number of hydrogen-bond acceptors (Lipinski definition) is 14. The van der Waals surface area contributed by atoms with Crippen LogP contribution in [0.2, 0.25) is 0 Å². The Kier molecular flexibility index (Phi) is 15.1. The van der Waals surface area contributed by atoms with Gasteiger partial charge in [-0.2, -0.15) is 0 Å². The van der Waals surface area contributed by atoms with Crippen LogP contribution in [0.25, 0.3) is 0 Å². The maximum Gasteiger partial charge on any atom is 0.412 e. The van der Waals surface area contributed by atoms with Gasteiger partial charge < -0.3 is 55.9 Å². The van der Waals surface area contributed by atoms with Crippen LogP contribution in [-0.4, -0.2) is 129 Å². The molecule has 2 aliphatic rings. The number of amides is 3. The Hall–Kier alpha value is -5.18. The highest BCUT2D eigenvalue weighted by atomic mass is 16.6. The molecule has 1 aliphatic carbocycles. The molecule has 10 N–H and O–H groups in total. The number of carboxylic acid groups (broad SMARTS) is 1. The van der Waals surface area contributed by atoms with Crippen molar-refractivity contribution < 1.29 is 64.4 Å². The molecule has 3 aromatic rings. The van der Waals surface area contributed by atoms with Gasteiger partial charge >= 0.3 is 12.1 Å². The van der Waals surface area contributed by atoms with Gasteiger partial charge in [-0.25, -0.2) is 14.3 Å². The lowest BCUT2D eigenvalue weighted by molar-refractivity contribution is -0.236. The van der Waals surface area contributed by atoms with Gasteiger partial charge in [0.2, 0.25) is 5.91 Å². The van der Waals surface area contributed by atoms with E-state index in [0.717, 1.165) is 37.8 Å². The van der Waals surface area contributed by atoms with Gasteiger partial charge in [-0.15, -0.1) is 5.10 Å². The number of phenols is 1. The van der Waals surface area contributed by atoms with Crippen molar-refractivity contribution in [1.82, 2.24) is 25.6 Å². The molecule has 2 fully saturated rings. The molecule has 1 aromatic heterocycles. The van der Waals surface area contributed by atoms with Crippen LogP contribution in [-0.2, 0) is 25.6 Å². The summed E-state index contributed by atoms with van der Waals surface area (Å²) >= 11 is 0. The minimum Gasteiger partial charge on any atom is -0.507 e. The monoisotopic (exact) mass is 854 g/mol. The van der Waals surface area contributed by atoms with Crippen molar-refractivity contribution in [3.05, 3.63) is 70.5 Å². The molecule has 0 radical (unpaired) electrons. The third-order valence-electron chi connectivity index (χ3n) is 11.0. The number of aliphatic hydroxyl groups is 5. The van der Waals surface area contributed by atoms with Gasteiger partial charge in [0.1, 0.15) is 36.2 Å². The fourth-order valence-electron chi connectivity index (χ4n) is 7.86. The second-order valence-corrected chi connectivity index (χ2v) is 17.1. The molecular formula is C42H58N6O13. The number of phenolic OH excluding ortho intramolecular Hbond substituents is 1. The molecule has 5 rings (SSSR count). The van der Waals surface area contributed by atoms with E-state index in [1.807, 2.05) is 0 Å². The Balaban J connectivity index is 1.36. The second-order valence-electron chi connectivity index (χ2n) is 17.1. The van der Waals surface area contributed by atoms with Gasteiger partial charge in [-0.05, 0) is 88.4 Å². The van der Waals surface area contributed by atoms with Crippen LogP contribution in [0.15, 0.2) is 42.6 Å². The van der Waals surface area contributed by atoms with Crippen molar-refractivity contribution in [2.75, 3.05) is 11.9 Å². The third kappa shape index (κ3) is 12.0. The number of carbonyl (C=O) groups excluding carboxylic acids is 3. The fraction of sp³-hybridized carbons (Fsp3) is 0.571. The van der Waals surface area contributed by atoms with E-state index in [0.29, 0.717) is 11.1 Å². The minimum atomic E-state index is -2.51. The molecule has 334 valence electrons. The SMILES string of the molecule is Cc1cc(C(=O)NCC(O)[C@@H](O)[C@@H]2OC(C[C@H](O)[C@@H](O)c3cccc(NC(=O)OC(C)(C)C)c3)(C(=O)O)C[C@H](O)C2NC(=O)Cn2cc(C3CCCCC3)nn2)cc(C)c1O. The average Bonchev–Trinajstić information content (AvgIpc) is 3.66. The Morgan fingerprint density at radius 2 is 1.67 bits per heavy atom. The molecule has 1 saturated carbocycles. The first kappa shape index (κ1) is 46.9. The van der Waals surface area contributed by atoms with Gasteiger partial charge in [-0.3, -0.25) is 14.9 Å². The number of aliphatic hydroxyl groups excluding tert-OH is 5. The van der Waals surface area contributed by atoms with Gasteiger partial charge in [0.15, 0.2) is 5.60 Å². The van der Waals surface area contributed by atoms with Crippen molar-refractivity contribution in [2.24, 2.45) is 0 Å². The Labute approximate surface area is 353 Å². The number of nitrogens with zero attached hydrogens (tertiary/aromatic N) is 3. The Morgan fingerprint density at radius 3 is 2.31 bits per heavy atom. The van der Waals surface area contributed by atoms with E-state index in [-0.39, 0.29) is 35.0 Å². The van der Waals surface area contributed by atoms with Crippen LogP contribution in [0.3, 0.4) is 0 Å². The van der Waals surface area contributed by atoms with Crippen molar-refractivity contribution in [3.8, 4) is 5.75 Å². The predicted octanol–water partition coefficient (Wildman–Crippen LogP) is 2.09. The molecular weight excluding hydrogens is 796 g/mol. The second kappa shape index (κ2) is 19.7. The first-order valence-electron chi connectivity index (χ1n) is 20.4. The third-order valence-corrected chi connectivity index (χ3v) is 11.0. The lowest BCUT2D eigenvalue weighted by atomic mass is 9.79. The highest BCUT2D eigenvalue weighted by Crippen LogP contribution is 2.38. The number of carbonyl (C=O) groups is 4. The van der Waals surface area contributed by atoms with Crippen LogP contribution < -0.4 is 16.0 Å². The molecule has 3 unspecified atom stereocenters. The van der Waals surface area contributed by atoms with E-state index in [2.05, 4.69) is 26.3 Å². The molecule has 0 bridgehead atoms. The summed E-state index contributed by atoms with van der Waals surface area (Å²) < 4.78 is 12.6. The lowest BCUT2D eigenvalue weighted by Crippen LogP contribution is -2.68. The number of aryl methyl sites for hydroxylation is 2. The van der Waals surface area contributed by atoms with Crippen molar-refractivity contribution >= 4 is 29.6 Å². The molecule has 61 heavy (non-hydrogen) atoms. The van der Waals surface area contributed by atoms with E-state index >= 15 is 0 Å². The van der Waals surface area contributed by atoms with Crippen molar-refractivity contribution in [2.45, 2.75) is 146 Å².